The Hall–Kier alpha value is -0.810. The predicted octanol–water partition coefficient (Wildman–Crippen LogP) is 1.10. The van der Waals surface area contributed by atoms with E-state index >= 15 is 0 Å². The van der Waals surface area contributed by atoms with Gasteiger partial charge in [0.2, 0.25) is 0 Å². The van der Waals surface area contributed by atoms with Crippen LogP contribution in [0.1, 0.15) is 32.6 Å². The highest BCUT2D eigenvalue weighted by Crippen LogP contribution is 1.99. The summed E-state index contributed by atoms with van der Waals surface area (Å²) in [6.07, 6.45) is 7.66. The first kappa shape index (κ1) is 10.2. The molecule has 2 N–H and O–H groups in total. The van der Waals surface area contributed by atoms with Crippen molar-refractivity contribution in [2.45, 2.75) is 38.6 Å². The Morgan fingerprint density at radius 3 is 2.82 bits per heavy atom. The quantitative estimate of drug-likeness (QED) is 0.601. The maximum Gasteiger partial charge on any atom is 0.150 e. The molecule has 0 aliphatic heterocycles. The molecule has 0 aromatic carbocycles. The number of nitrogens with two attached hydrogens (primary N) is 1. The van der Waals surface area contributed by atoms with E-state index in [4.69, 9.17) is 12.2 Å². The Bertz CT molecular complexity index is 157. The van der Waals surface area contributed by atoms with Gasteiger partial charge in [0, 0.05) is 12.8 Å². The van der Waals surface area contributed by atoms with Crippen LogP contribution in [0.5, 0.6) is 0 Å². The molecule has 2 nitrogen and oxygen atoms in total. The standard InChI is InChI=1S/C9H15NO/c1-3-5-7-9(11)8(10)6-4-2/h1,8H,4-7,10H2,2H3. The molecular formula is C9H15NO. The first-order chi connectivity index (χ1) is 5.22. The van der Waals surface area contributed by atoms with Gasteiger partial charge in [-0.25, -0.2) is 0 Å². The average Bonchev–Trinajstić information content (AvgIpc) is 2.00. The van der Waals surface area contributed by atoms with Crippen LogP contribution in [0.3, 0.4) is 0 Å². The third-order valence-corrected chi connectivity index (χ3v) is 1.53. The van der Waals surface area contributed by atoms with Crippen molar-refractivity contribution in [2.24, 2.45) is 5.73 Å². The van der Waals surface area contributed by atoms with Crippen LogP contribution < -0.4 is 5.73 Å². The molecule has 0 aliphatic rings. The second-order valence-corrected chi connectivity index (χ2v) is 2.57. The zero-order valence-electron chi connectivity index (χ0n) is 6.97. The van der Waals surface area contributed by atoms with Crippen LogP contribution >= 0.6 is 0 Å². The number of carbonyl (C=O) groups is 1. The molecule has 0 fully saturated rings. The zero-order valence-corrected chi connectivity index (χ0v) is 6.97. The van der Waals surface area contributed by atoms with Crippen molar-refractivity contribution in [3.8, 4) is 12.3 Å². The average molecular weight is 153 g/mol. The highest BCUT2D eigenvalue weighted by molar-refractivity contribution is 5.83. The molecule has 62 valence electrons. The van der Waals surface area contributed by atoms with E-state index in [-0.39, 0.29) is 11.8 Å². The van der Waals surface area contributed by atoms with E-state index < -0.39 is 0 Å². The number of ketones is 1. The van der Waals surface area contributed by atoms with E-state index in [1.165, 1.54) is 0 Å². The maximum atomic E-state index is 11.1. The molecule has 0 heterocycles. The fraction of sp³-hybridized carbons (Fsp3) is 0.667. The lowest BCUT2D eigenvalue weighted by molar-refractivity contribution is -0.120. The fourth-order valence-corrected chi connectivity index (χ4v) is 0.853. The van der Waals surface area contributed by atoms with Crippen LogP contribution in [-0.4, -0.2) is 11.8 Å². The first-order valence-corrected chi connectivity index (χ1v) is 3.94. The van der Waals surface area contributed by atoms with Gasteiger partial charge in [0.1, 0.15) is 5.78 Å². The molecule has 0 amide bonds. The maximum absolute atomic E-state index is 11.1. The number of terminal acetylenes is 1. The monoisotopic (exact) mass is 153 g/mol. The van der Waals surface area contributed by atoms with Gasteiger partial charge in [-0.05, 0) is 6.42 Å². The molecule has 0 rings (SSSR count). The highest BCUT2D eigenvalue weighted by Gasteiger charge is 2.10. The summed E-state index contributed by atoms with van der Waals surface area (Å²) in [5, 5.41) is 0. The van der Waals surface area contributed by atoms with Crippen molar-refractivity contribution in [1.29, 1.82) is 0 Å². The summed E-state index contributed by atoms with van der Waals surface area (Å²) in [6.45, 7) is 2.01. The number of carbonyl (C=O) groups excluding carboxylic acids is 1. The summed E-state index contributed by atoms with van der Waals surface area (Å²) >= 11 is 0. The van der Waals surface area contributed by atoms with Gasteiger partial charge in [0.25, 0.3) is 0 Å². The number of rotatable bonds is 5. The van der Waals surface area contributed by atoms with Crippen LogP contribution in [-0.2, 0) is 4.79 Å². The zero-order chi connectivity index (χ0) is 8.69. The Kier molecular flexibility index (Phi) is 5.50. The molecule has 0 aromatic heterocycles. The molecule has 0 aliphatic carbocycles. The van der Waals surface area contributed by atoms with Crippen LogP contribution in [0.2, 0.25) is 0 Å². The van der Waals surface area contributed by atoms with Crippen LogP contribution in [0.25, 0.3) is 0 Å². The second-order valence-electron chi connectivity index (χ2n) is 2.57. The van der Waals surface area contributed by atoms with Crippen LogP contribution in [0, 0.1) is 12.3 Å². The lowest BCUT2D eigenvalue weighted by atomic mass is 10.0. The molecule has 11 heavy (non-hydrogen) atoms. The van der Waals surface area contributed by atoms with Crippen molar-refractivity contribution in [1.82, 2.24) is 0 Å². The van der Waals surface area contributed by atoms with Crippen molar-refractivity contribution in [3.63, 3.8) is 0 Å². The summed E-state index contributed by atoms with van der Waals surface area (Å²) < 4.78 is 0. The normalized spacial score (nSPS) is 12.1. The molecule has 0 bridgehead atoms. The smallest absolute Gasteiger partial charge is 0.150 e. The van der Waals surface area contributed by atoms with Gasteiger partial charge in [-0.3, -0.25) is 4.79 Å². The SMILES string of the molecule is C#CCCC(=O)C(N)CCC. The summed E-state index contributed by atoms with van der Waals surface area (Å²) in [5.74, 6) is 2.51. The number of hydrogen-bond donors (Lipinski definition) is 1. The molecule has 0 spiro atoms. The Morgan fingerprint density at radius 2 is 2.36 bits per heavy atom. The summed E-state index contributed by atoms with van der Waals surface area (Å²) in [7, 11) is 0. The van der Waals surface area contributed by atoms with E-state index in [1.54, 1.807) is 0 Å². The topological polar surface area (TPSA) is 43.1 Å². The summed E-state index contributed by atoms with van der Waals surface area (Å²) in [6, 6.07) is -0.298. The van der Waals surface area contributed by atoms with Crippen LogP contribution in [0.4, 0.5) is 0 Å². The number of Topliss-reactive ketones (excluding diaryl/α,β-unsaturated/α-hetero) is 1. The van der Waals surface area contributed by atoms with Gasteiger partial charge in [-0.2, -0.15) is 0 Å². The Morgan fingerprint density at radius 1 is 1.73 bits per heavy atom. The van der Waals surface area contributed by atoms with Crippen molar-refractivity contribution >= 4 is 5.78 Å². The predicted molar refractivity (Wildman–Crippen MR) is 46.0 cm³/mol. The van der Waals surface area contributed by atoms with Crippen molar-refractivity contribution in [2.75, 3.05) is 0 Å². The van der Waals surface area contributed by atoms with Gasteiger partial charge in [-0.15, -0.1) is 12.3 Å². The van der Waals surface area contributed by atoms with Crippen LogP contribution in [0.15, 0.2) is 0 Å². The highest BCUT2D eigenvalue weighted by atomic mass is 16.1. The Balaban J connectivity index is 3.57. The van der Waals surface area contributed by atoms with Gasteiger partial charge >= 0.3 is 0 Å². The molecule has 2 heteroatoms. The molecule has 1 atom stereocenters. The fourth-order valence-electron chi connectivity index (χ4n) is 0.853. The molecule has 0 saturated carbocycles. The lowest BCUT2D eigenvalue weighted by Crippen LogP contribution is -2.29. The van der Waals surface area contributed by atoms with Crippen molar-refractivity contribution < 1.29 is 4.79 Å². The first-order valence-electron chi connectivity index (χ1n) is 3.94. The lowest BCUT2D eigenvalue weighted by Gasteiger charge is -2.06. The van der Waals surface area contributed by atoms with Crippen molar-refractivity contribution in [3.05, 3.63) is 0 Å². The van der Waals surface area contributed by atoms with Gasteiger partial charge in [-0.1, -0.05) is 13.3 Å². The molecule has 0 radical (unpaired) electrons. The van der Waals surface area contributed by atoms with Gasteiger partial charge in [0.15, 0.2) is 0 Å². The van der Waals surface area contributed by atoms with E-state index in [9.17, 15) is 4.79 Å². The van der Waals surface area contributed by atoms with E-state index in [0.29, 0.717) is 12.8 Å². The minimum Gasteiger partial charge on any atom is -0.322 e. The molecular weight excluding hydrogens is 138 g/mol. The van der Waals surface area contributed by atoms with Gasteiger partial charge < -0.3 is 5.73 Å². The second kappa shape index (κ2) is 5.94. The largest absolute Gasteiger partial charge is 0.322 e. The van der Waals surface area contributed by atoms with E-state index in [0.717, 1.165) is 12.8 Å². The number of hydrogen-bond acceptors (Lipinski definition) is 2. The molecule has 0 aromatic rings. The summed E-state index contributed by atoms with van der Waals surface area (Å²) in [5.41, 5.74) is 5.55. The minimum absolute atomic E-state index is 0.0878. The van der Waals surface area contributed by atoms with Gasteiger partial charge in [0.05, 0.1) is 6.04 Å². The third-order valence-electron chi connectivity index (χ3n) is 1.53. The van der Waals surface area contributed by atoms with E-state index in [1.807, 2.05) is 6.92 Å². The molecule has 1 unspecified atom stereocenters. The minimum atomic E-state index is -0.298. The Labute approximate surface area is 68.2 Å². The van der Waals surface area contributed by atoms with E-state index in [2.05, 4.69) is 5.92 Å². The summed E-state index contributed by atoms with van der Waals surface area (Å²) in [4.78, 5) is 11.1. The third kappa shape index (κ3) is 4.58. The molecule has 0 saturated heterocycles.